The summed E-state index contributed by atoms with van der Waals surface area (Å²) in [7, 11) is 3.29. The van der Waals surface area contributed by atoms with Crippen LogP contribution < -0.4 is 4.74 Å². The Hall–Kier alpha value is -1.13. The lowest BCUT2D eigenvalue weighted by Crippen LogP contribution is -2.04. The van der Waals surface area contributed by atoms with Crippen LogP contribution in [0.5, 0.6) is 5.75 Å². The highest BCUT2D eigenvalue weighted by molar-refractivity contribution is 5.19. The molecule has 1 aromatic heterocycles. The van der Waals surface area contributed by atoms with Crippen molar-refractivity contribution in [2.24, 2.45) is 0 Å². The van der Waals surface area contributed by atoms with Gasteiger partial charge < -0.3 is 14.2 Å². The van der Waals surface area contributed by atoms with Gasteiger partial charge in [0.25, 0.3) is 0 Å². The van der Waals surface area contributed by atoms with Crippen molar-refractivity contribution in [2.75, 3.05) is 27.4 Å². The first-order chi connectivity index (χ1) is 6.86. The average molecular weight is 197 g/mol. The molecule has 0 saturated carbocycles. The highest BCUT2D eigenvalue weighted by Gasteiger charge is 1.95. The molecule has 0 spiro atoms. The van der Waals surface area contributed by atoms with Gasteiger partial charge in [0.05, 0.1) is 25.1 Å². The predicted molar refractivity (Wildman–Crippen MR) is 52.3 cm³/mol. The molecule has 0 aliphatic heterocycles. The minimum absolute atomic E-state index is 0.526. The first-order valence-corrected chi connectivity index (χ1v) is 4.42. The van der Waals surface area contributed by atoms with Crippen LogP contribution >= 0.6 is 0 Å². The fourth-order valence-electron chi connectivity index (χ4n) is 0.972. The van der Waals surface area contributed by atoms with Crippen molar-refractivity contribution in [3.63, 3.8) is 0 Å². The molecule has 78 valence electrons. The zero-order valence-corrected chi connectivity index (χ0v) is 8.53. The van der Waals surface area contributed by atoms with Crippen molar-refractivity contribution >= 4 is 0 Å². The highest BCUT2D eigenvalue weighted by atomic mass is 16.5. The third-order valence-electron chi connectivity index (χ3n) is 1.65. The third-order valence-corrected chi connectivity index (χ3v) is 1.65. The van der Waals surface area contributed by atoms with E-state index < -0.39 is 0 Å². The minimum Gasteiger partial charge on any atom is -0.490 e. The third kappa shape index (κ3) is 3.72. The zero-order valence-electron chi connectivity index (χ0n) is 8.53. The van der Waals surface area contributed by atoms with E-state index >= 15 is 0 Å². The van der Waals surface area contributed by atoms with Gasteiger partial charge in [-0.2, -0.15) is 0 Å². The molecular formula is C10H15NO3. The van der Waals surface area contributed by atoms with Crippen LogP contribution in [0, 0.1) is 0 Å². The molecule has 1 rings (SSSR count). The van der Waals surface area contributed by atoms with Gasteiger partial charge in [-0.3, -0.25) is 4.98 Å². The summed E-state index contributed by atoms with van der Waals surface area (Å²) in [4.78, 5) is 4.16. The number of pyridine rings is 1. The first-order valence-electron chi connectivity index (χ1n) is 4.42. The lowest BCUT2D eigenvalue weighted by Gasteiger charge is -2.05. The number of hydrogen-bond acceptors (Lipinski definition) is 4. The van der Waals surface area contributed by atoms with Crippen molar-refractivity contribution in [2.45, 2.75) is 6.61 Å². The van der Waals surface area contributed by atoms with Crippen LogP contribution in [0.1, 0.15) is 5.69 Å². The maximum absolute atomic E-state index is 5.35. The van der Waals surface area contributed by atoms with Crippen molar-refractivity contribution < 1.29 is 14.2 Å². The summed E-state index contributed by atoms with van der Waals surface area (Å²) < 4.78 is 15.2. The van der Waals surface area contributed by atoms with E-state index in [0.717, 1.165) is 11.4 Å². The molecule has 0 radical (unpaired) electrons. The lowest BCUT2D eigenvalue weighted by atomic mass is 10.3. The minimum atomic E-state index is 0.526. The number of ether oxygens (including phenoxy) is 3. The van der Waals surface area contributed by atoms with E-state index in [2.05, 4.69) is 4.98 Å². The van der Waals surface area contributed by atoms with E-state index in [1.807, 2.05) is 12.1 Å². The Bertz CT molecular complexity index is 248. The summed E-state index contributed by atoms with van der Waals surface area (Å²) in [6.45, 7) is 1.65. The molecule has 0 saturated heterocycles. The largest absolute Gasteiger partial charge is 0.490 e. The molecule has 1 heterocycles. The van der Waals surface area contributed by atoms with Crippen LogP contribution in [-0.2, 0) is 16.1 Å². The SMILES string of the molecule is COCCOc1ccc(COC)nc1. The summed E-state index contributed by atoms with van der Waals surface area (Å²) in [5, 5.41) is 0. The smallest absolute Gasteiger partial charge is 0.137 e. The van der Waals surface area contributed by atoms with Gasteiger partial charge in [0.1, 0.15) is 12.4 Å². The highest BCUT2D eigenvalue weighted by Crippen LogP contribution is 2.09. The molecule has 0 N–H and O–H groups in total. The Morgan fingerprint density at radius 1 is 1.14 bits per heavy atom. The van der Waals surface area contributed by atoms with Crippen molar-refractivity contribution in [3.8, 4) is 5.75 Å². The number of nitrogens with zero attached hydrogens (tertiary/aromatic N) is 1. The van der Waals surface area contributed by atoms with Crippen molar-refractivity contribution in [3.05, 3.63) is 24.0 Å². The molecule has 4 heteroatoms. The van der Waals surface area contributed by atoms with Gasteiger partial charge in [0, 0.05) is 14.2 Å². The van der Waals surface area contributed by atoms with Crippen LogP contribution in [0.15, 0.2) is 18.3 Å². The van der Waals surface area contributed by atoms with Gasteiger partial charge in [-0.1, -0.05) is 0 Å². The Morgan fingerprint density at radius 2 is 2.00 bits per heavy atom. The number of methoxy groups -OCH3 is 2. The molecule has 4 nitrogen and oxygen atoms in total. The van der Waals surface area contributed by atoms with Gasteiger partial charge >= 0.3 is 0 Å². The summed E-state index contributed by atoms with van der Waals surface area (Å²) in [5.74, 6) is 0.752. The maximum atomic E-state index is 5.35. The van der Waals surface area contributed by atoms with E-state index in [0.29, 0.717) is 19.8 Å². The fourth-order valence-corrected chi connectivity index (χ4v) is 0.972. The monoisotopic (exact) mass is 197 g/mol. The molecule has 1 aromatic rings. The standard InChI is InChI=1S/C10H15NO3/c1-12-5-6-14-10-4-3-9(8-13-2)11-7-10/h3-4,7H,5-6,8H2,1-2H3. The van der Waals surface area contributed by atoms with E-state index in [1.54, 1.807) is 20.4 Å². The predicted octanol–water partition coefficient (Wildman–Crippen LogP) is 1.25. The van der Waals surface area contributed by atoms with Gasteiger partial charge in [-0.15, -0.1) is 0 Å². The molecular weight excluding hydrogens is 182 g/mol. The molecule has 0 amide bonds. The Labute approximate surface area is 83.8 Å². The average Bonchev–Trinajstić information content (AvgIpc) is 2.21. The van der Waals surface area contributed by atoms with E-state index in [9.17, 15) is 0 Å². The molecule has 0 unspecified atom stereocenters. The summed E-state index contributed by atoms with van der Waals surface area (Å²) in [5.41, 5.74) is 0.895. The number of aromatic nitrogens is 1. The summed E-state index contributed by atoms with van der Waals surface area (Å²) >= 11 is 0. The summed E-state index contributed by atoms with van der Waals surface area (Å²) in [6.07, 6.45) is 1.68. The first kappa shape index (κ1) is 10.9. The van der Waals surface area contributed by atoms with Gasteiger partial charge in [-0.05, 0) is 12.1 Å². The van der Waals surface area contributed by atoms with Gasteiger partial charge in [0.15, 0.2) is 0 Å². The lowest BCUT2D eigenvalue weighted by molar-refractivity contribution is 0.146. The van der Waals surface area contributed by atoms with Crippen LogP contribution in [0.25, 0.3) is 0 Å². The van der Waals surface area contributed by atoms with Crippen LogP contribution in [0.4, 0.5) is 0 Å². The molecule has 0 fully saturated rings. The van der Waals surface area contributed by atoms with Crippen LogP contribution in [0.3, 0.4) is 0 Å². The Balaban J connectivity index is 2.38. The number of rotatable bonds is 6. The van der Waals surface area contributed by atoms with Crippen molar-refractivity contribution in [1.29, 1.82) is 0 Å². The normalized spacial score (nSPS) is 10.1. The van der Waals surface area contributed by atoms with Gasteiger partial charge in [0.2, 0.25) is 0 Å². The molecule has 0 bridgehead atoms. The van der Waals surface area contributed by atoms with Crippen molar-refractivity contribution in [1.82, 2.24) is 4.98 Å². The second-order valence-electron chi connectivity index (χ2n) is 2.76. The van der Waals surface area contributed by atoms with Crippen LogP contribution in [0.2, 0.25) is 0 Å². The Kier molecular flexibility index (Phi) is 4.96. The maximum Gasteiger partial charge on any atom is 0.137 e. The molecule has 0 atom stereocenters. The second kappa shape index (κ2) is 6.34. The van der Waals surface area contributed by atoms with E-state index in [-0.39, 0.29) is 0 Å². The summed E-state index contributed by atoms with van der Waals surface area (Å²) in [6, 6.07) is 3.75. The van der Waals surface area contributed by atoms with E-state index in [4.69, 9.17) is 14.2 Å². The molecule has 0 aliphatic carbocycles. The molecule has 14 heavy (non-hydrogen) atoms. The number of hydrogen-bond donors (Lipinski definition) is 0. The topological polar surface area (TPSA) is 40.6 Å². The van der Waals surface area contributed by atoms with Gasteiger partial charge in [-0.25, -0.2) is 0 Å². The Morgan fingerprint density at radius 3 is 2.57 bits per heavy atom. The molecule has 0 aromatic carbocycles. The second-order valence-corrected chi connectivity index (χ2v) is 2.76. The van der Waals surface area contributed by atoms with Crippen LogP contribution in [-0.4, -0.2) is 32.4 Å². The zero-order chi connectivity index (χ0) is 10.2. The van der Waals surface area contributed by atoms with E-state index in [1.165, 1.54) is 0 Å². The molecule has 0 aliphatic rings. The quantitative estimate of drug-likeness (QED) is 0.643. The fraction of sp³-hybridized carbons (Fsp3) is 0.500.